The fourth-order valence-electron chi connectivity index (χ4n) is 1.54. The number of aromatic nitrogens is 4. The number of hydrogen-bond acceptors (Lipinski definition) is 6. The number of methoxy groups -OCH3 is 1. The van der Waals surface area contributed by atoms with E-state index >= 15 is 0 Å². The minimum absolute atomic E-state index is 0.298. The van der Waals surface area contributed by atoms with E-state index < -0.39 is 0 Å². The summed E-state index contributed by atoms with van der Waals surface area (Å²) in [4.78, 5) is 4.23. The Kier molecular flexibility index (Phi) is 3.31. The Morgan fingerprint density at radius 3 is 2.71 bits per heavy atom. The maximum Gasteiger partial charge on any atom is 0.233 e. The lowest BCUT2D eigenvalue weighted by Gasteiger charge is -2.14. The zero-order chi connectivity index (χ0) is 12.3. The van der Waals surface area contributed by atoms with Crippen LogP contribution < -0.4 is 16.0 Å². The summed E-state index contributed by atoms with van der Waals surface area (Å²) >= 11 is 0. The van der Waals surface area contributed by atoms with E-state index in [0.717, 1.165) is 5.82 Å². The van der Waals surface area contributed by atoms with Crippen LogP contribution in [-0.4, -0.2) is 26.9 Å². The van der Waals surface area contributed by atoms with Gasteiger partial charge in [-0.2, -0.15) is 0 Å². The highest BCUT2D eigenvalue weighted by atomic mass is 16.5. The van der Waals surface area contributed by atoms with Crippen LogP contribution in [0.4, 0.5) is 0 Å². The second kappa shape index (κ2) is 4.89. The third-order valence-corrected chi connectivity index (χ3v) is 2.45. The summed E-state index contributed by atoms with van der Waals surface area (Å²) in [5, 5.41) is 7.95. The molecule has 90 valence electrons. The lowest BCUT2D eigenvalue weighted by Crippen LogP contribution is -2.31. The van der Waals surface area contributed by atoms with Gasteiger partial charge in [-0.1, -0.05) is 0 Å². The lowest BCUT2D eigenvalue weighted by atomic mass is 10.2. The quantitative estimate of drug-likeness (QED) is 0.561. The number of hydrogen-bond donors (Lipinski definition) is 2. The van der Waals surface area contributed by atoms with E-state index in [2.05, 4.69) is 20.6 Å². The lowest BCUT2D eigenvalue weighted by molar-refractivity contribution is 0.389. The first-order chi connectivity index (χ1) is 8.26. The zero-order valence-electron chi connectivity index (χ0n) is 9.66. The van der Waals surface area contributed by atoms with E-state index in [1.54, 1.807) is 25.4 Å². The van der Waals surface area contributed by atoms with Crippen molar-refractivity contribution in [2.75, 3.05) is 7.11 Å². The van der Waals surface area contributed by atoms with Gasteiger partial charge in [0.1, 0.15) is 11.9 Å². The van der Waals surface area contributed by atoms with Crippen LogP contribution in [0.3, 0.4) is 0 Å². The molecule has 2 rings (SSSR count). The smallest absolute Gasteiger partial charge is 0.233 e. The second-order valence-electron chi connectivity index (χ2n) is 3.50. The van der Waals surface area contributed by atoms with Crippen molar-refractivity contribution in [3.05, 3.63) is 36.0 Å². The highest BCUT2D eigenvalue weighted by molar-refractivity contribution is 5.19. The van der Waals surface area contributed by atoms with Crippen molar-refractivity contribution in [2.24, 2.45) is 12.9 Å². The number of nitrogens with one attached hydrogen (secondary N) is 1. The summed E-state index contributed by atoms with van der Waals surface area (Å²) in [5.41, 5.74) is 3.36. The van der Waals surface area contributed by atoms with Gasteiger partial charge < -0.3 is 9.30 Å². The number of nitrogens with zero attached hydrogens (tertiary/aromatic N) is 4. The Bertz CT molecular complexity index is 480. The fourth-order valence-corrected chi connectivity index (χ4v) is 1.54. The highest BCUT2D eigenvalue weighted by Crippen LogP contribution is 2.17. The Balaban J connectivity index is 2.32. The third-order valence-electron chi connectivity index (χ3n) is 2.45. The van der Waals surface area contributed by atoms with Crippen LogP contribution in [0.5, 0.6) is 5.88 Å². The van der Waals surface area contributed by atoms with Crippen LogP contribution in [0.15, 0.2) is 24.5 Å². The molecule has 2 aromatic heterocycles. The molecule has 7 nitrogen and oxygen atoms in total. The summed E-state index contributed by atoms with van der Waals surface area (Å²) < 4.78 is 6.82. The molecule has 7 heteroatoms. The SMILES string of the molecule is COc1ccc(C(NN)c2nccn2C)nn1. The largest absolute Gasteiger partial charge is 0.480 e. The molecule has 1 unspecified atom stereocenters. The molecule has 0 aliphatic rings. The van der Waals surface area contributed by atoms with Crippen LogP contribution in [0.2, 0.25) is 0 Å². The molecule has 0 fully saturated rings. The van der Waals surface area contributed by atoms with Crippen molar-refractivity contribution >= 4 is 0 Å². The Morgan fingerprint density at radius 2 is 2.24 bits per heavy atom. The normalized spacial score (nSPS) is 12.4. The molecule has 0 aromatic carbocycles. The summed E-state index contributed by atoms with van der Waals surface area (Å²) in [6.07, 6.45) is 3.55. The molecule has 0 aliphatic heterocycles. The first-order valence-corrected chi connectivity index (χ1v) is 5.07. The summed E-state index contributed by atoms with van der Waals surface area (Å²) in [7, 11) is 3.44. The molecule has 1 atom stereocenters. The average molecular weight is 234 g/mol. The predicted molar refractivity (Wildman–Crippen MR) is 61.0 cm³/mol. The predicted octanol–water partition coefficient (Wildman–Crippen LogP) is -0.229. The first kappa shape index (κ1) is 11.5. The van der Waals surface area contributed by atoms with E-state index in [9.17, 15) is 0 Å². The fraction of sp³-hybridized carbons (Fsp3) is 0.300. The summed E-state index contributed by atoms with van der Waals surface area (Å²) in [6.45, 7) is 0. The van der Waals surface area contributed by atoms with Gasteiger partial charge in [-0.05, 0) is 6.07 Å². The molecule has 0 spiro atoms. The van der Waals surface area contributed by atoms with Crippen LogP contribution in [0.1, 0.15) is 17.6 Å². The third kappa shape index (κ3) is 2.24. The van der Waals surface area contributed by atoms with Gasteiger partial charge in [-0.25, -0.2) is 10.4 Å². The molecule has 0 saturated heterocycles. The Hall–Kier alpha value is -1.99. The zero-order valence-corrected chi connectivity index (χ0v) is 9.66. The summed E-state index contributed by atoms with van der Waals surface area (Å²) in [6, 6.07) is 3.23. The van der Waals surface area contributed by atoms with Gasteiger partial charge in [-0.3, -0.25) is 5.84 Å². The van der Waals surface area contributed by atoms with E-state index in [1.807, 2.05) is 17.8 Å². The van der Waals surface area contributed by atoms with Crippen molar-refractivity contribution in [1.29, 1.82) is 0 Å². The monoisotopic (exact) mass is 234 g/mol. The van der Waals surface area contributed by atoms with Gasteiger partial charge >= 0.3 is 0 Å². The van der Waals surface area contributed by atoms with Gasteiger partial charge in [0.05, 0.1) is 12.8 Å². The van der Waals surface area contributed by atoms with E-state index in [4.69, 9.17) is 10.6 Å². The molecule has 0 bridgehead atoms. The molecule has 0 saturated carbocycles. The van der Waals surface area contributed by atoms with Gasteiger partial charge in [0.2, 0.25) is 5.88 Å². The number of aryl methyl sites for hydroxylation is 1. The number of ether oxygens (including phenoxy) is 1. The molecule has 17 heavy (non-hydrogen) atoms. The molecule has 2 aromatic rings. The first-order valence-electron chi connectivity index (χ1n) is 5.07. The maximum absolute atomic E-state index is 5.53. The number of hydrazine groups is 1. The van der Waals surface area contributed by atoms with Crippen molar-refractivity contribution in [3.63, 3.8) is 0 Å². The van der Waals surface area contributed by atoms with Crippen molar-refractivity contribution < 1.29 is 4.74 Å². The minimum Gasteiger partial charge on any atom is -0.480 e. The molecule has 2 heterocycles. The molecule has 0 amide bonds. The van der Waals surface area contributed by atoms with E-state index in [0.29, 0.717) is 11.6 Å². The van der Waals surface area contributed by atoms with E-state index in [1.165, 1.54) is 0 Å². The number of rotatable bonds is 4. The average Bonchev–Trinajstić information content (AvgIpc) is 2.78. The minimum atomic E-state index is -0.298. The van der Waals surface area contributed by atoms with Crippen molar-refractivity contribution in [3.8, 4) is 5.88 Å². The van der Waals surface area contributed by atoms with Crippen LogP contribution in [-0.2, 0) is 7.05 Å². The van der Waals surface area contributed by atoms with Gasteiger partial charge in [0.25, 0.3) is 0 Å². The topological polar surface area (TPSA) is 90.9 Å². The Morgan fingerprint density at radius 1 is 1.41 bits per heavy atom. The van der Waals surface area contributed by atoms with Crippen molar-refractivity contribution in [2.45, 2.75) is 6.04 Å². The molecule has 0 radical (unpaired) electrons. The van der Waals surface area contributed by atoms with Crippen LogP contribution >= 0.6 is 0 Å². The van der Waals surface area contributed by atoms with E-state index in [-0.39, 0.29) is 6.04 Å². The maximum atomic E-state index is 5.53. The Labute approximate surface area is 98.6 Å². The number of imidazole rings is 1. The van der Waals surface area contributed by atoms with Crippen LogP contribution in [0.25, 0.3) is 0 Å². The van der Waals surface area contributed by atoms with Gasteiger partial charge in [0, 0.05) is 25.5 Å². The van der Waals surface area contributed by atoms with Gasteiger partial charge in [0.15, 0.2) is 0 Å². The summed E-state index contributed by atoms with van der Waals surface area (Å²) in [5.74, 6) is 6.77. The van der Waals surface area contributed by atoms with Gasteiger partial charge in [-0.15, -0.1) is 10.2 Å². The second-order valence-corrected chi connectivity index (χ2v) is 3.50. The van der Waals surface area contributed by atoms with Crippen molar-refractivity contribution in [1.82, 2.24) is 25.2 Å². The molecule has 0 aliphatic carbocycles. The molecular formula is C10H14N6O. The highest BCUT2D eigenvalue weighted by Gasteiger charge is 2.18. The number of nitrogens with two attached hydrogens (primary N) is 1. The standard InChI is InChI=1S/C10H14N6O/c1-16-6-5-12-10(16)9(13-11)7-3-4-8(17-2)15-14-7/h3-6,9,13H,11H2,1-2H3. The van der Waals surface area contributed by atoms with Crippen LogP contribution in [0, 0.1) is 0 Å². The molecule has 3 N–H and O–H groups in total. The molecular weight excluding hydrogens is 220 g/mol.